The number of nitrogens with one attached hydrogen (secondary N) is 1. The standard InChI is InChI=1S/C20H21N5O4/c1-3-23(4-2)15-7-5-14(6-8-15)22-19(26)12-24-13-21-18-11-16(25(28)29)9-10-17(18)20(24)27/h5-11,13H,3-4,12H2,1-2H3,(H,22,26). The number of anilines is 2. The van der Waals surface area contributed by atoms with Crippen molar-refractivity contribution in [2.45, 2.75) is 20.4 Å². The molecule has 29 heavy (non-hydrogen) atoms. The van der Waals surface area contributed by atoms with Crippen LogP contribution in [0.3, 0.4) is 0 Å². The number of nitro groups is 1. The Morgan fingerprint density at radius 2 is 1.86 bits per heavy atom. The minimum Gasteiger partial charge on any atom is -0.372 e. The highest BCUT2D eigenvalue weighted by Gasteiger charge is 2.12. The number of aromatic nitrogens is 2. The normalized spacial score (nSPS) is 10.7. The van der Waals surface area contributed by atoms with Crippen molar-refractivity contribution in [2.75, 3.05) is 23.3 Å². The SMILES string of the molecule is CCN(CC)c1ccc(NC(=O)Cn2cnc3cc([N+](=O)[O-])ccc3c2=O)cc1. The van der Waals surface area contributed by atoms with Gasteiger partial charge in [0.05, 0.1) is 22.2 Å². The number of nitrogens with zero attached hydrogens (tertiary/aromatic N) is 4. The van der Waals surface area contributed by atoms with E-state index in [1.54, 1.807) is 0 Å². The van der Waals surface area contributed by atoms with Gasteiger partial charge in [-0.15, -0.1) is 0 Å². The second kappa shape index (κ2) is 8.51. The number of hydrogen-bond acceptors (Lipinski definition) is 6. The maximum Gasteiger partial charge on any atom is 0.271 e. The van der Waals surface area contributed by atoms with E-state index in [1.165, 1.54) is 29.1 Å². The second-order valence-corrected chi connectivity index (χ2v) is 6.40. The van der Waals surface area contributed by atoms with Crippen molar-refractivity contribution in [1.82, 2.24) is 9.55 Å². The van der Waals surface area contributed by atoms with E-state index in [0.29, 0.717) is 5.69 Å². The molecule has 0 unspecified atom stereocenters. The summed E-state index contributed by atoms with van der Waals surface area (Å²) in [6.07, 6.45) is 1.22. The lowest BCUT2D eigenvalue weighted by Crippen LogP contribution is -2.28. The van der Waals surface area contributed by atoms with E-state index in [-0.39, 0.29) is 29.0 Å². The number of fused-ring (bicyclic) bond motifs is 1. The van der Waals surface area contributed by atoms with E-state index >= 15 is 0 Å². The Balaban J connectivity index is 1.74. The van der Waals surface area contributed by atoms with Gasteiger partial charge in [0.2, 0.25) is 5.91 Å². The molecule has 0 aliphatic carbocycles. The quantitative estimate of drug-likeness (QED) is 0.486. The molecular formula is C20H21N5O4. The summed E-state index contributed by atoms with van der Waals surface area (Å²) < 4.78 is 1.17. The maximum absolute atomic E-state index is 12.6. The van der Waals surface area contributed by atoms with Crippen molar-refractivity contribution in [3.8, 4) is 0 Å². The van der Waals surface area contributed by atoms with Gasteiger partial charge in [0.1, 0.15) is 6.54 Å². The molecule has 0 saturated heterocycles. The fourth-order valence-corrected chi connectivity index (χ4v) is 3.07. The van der Waals surface area contributed by atoms with Crippen LogP contribution in [0.1, 0.15) is 13.8 Å². The van der Waals surface area contributed by atoms with Crippen molar-refractivity contribution >= 4 is 33.9 Å². The number of carbonyl (C=O) groups is 1. The molecule has 9 nitrogen and oxygen atoms in total. The highest BCUT2D eigenvalue weighted by molar-refractivity contribution is 5.91. The highest BCUT2D eigenvalue weighted by atomic mass is 16.6. The zero-order chi connectivity index (χ0) is 21.0. The average molecular weight is 395 g/mol. The van der Waals surface area contributed by atoms with Gasteiger partial charge in [0.25, 0.3) is 11.2 Å². The molecule has 9 heteroatoms. The van der Waals surface area contributed by atoms with Crippen LogP contribution in [-0.4, -0.2) is 33.5 Å². The van der Waals surface area contributed by atoms with Crippen LogP contribution in [0.4, 0.5) is 17.1 Å². The monoisotopic (exact) mass is 395 g/mol. The first-order valence-electron chi connectivity index (χ1n) is 9.21. The summed E-state index contributed by atoms with van der Waals surface area (Å²) in [5.41, 5.74) is 1.33. The van der Waals surface area contributed by atoms with Crippen LogP contribution >= 0.6 is 0 Å². The molecule has 0 bridgehead atoms. The van der Waals surface area contributed by atoms with Crippen LogP contribution in [0.2, 0.25) is 0 Å². The molecule has 0 aliphatic rings. The molecule has 2 aromatic carbocycles. The molecule has 0 fully saturated rings. The molecule has 0 saturated carbocycles. The van der Waals surface area contributed by atoms with E-state index in [0.717, 1.165) is 18.8 Å². The van der Waals surface area contributed by atoms with Gasteiger partial charge in [-0.25, -0.2) is 4.98 Å². The minimum absolute atomic E-state index is 0.145. The summed E-state index contributed by atoms with van der Waals surface area (Å²) in [4.78, 5) is 41.5. The molecule has 0 aliphatic heterocycles. The van der Waals surface area contributed by atoms with Gasteiger partial charge in [-0.05, 0) is 44.2 Å². The minimum atomic E-state index is -0.550. The van der Waals surface area contributed by atoms with Crippen molar-refractivity contribution in [1.29, 1.82) is 0 Å². The van der Waals surface area contributed by atoms with Crippen molar-refractivity contribution < 1.29 is 9.72 Å². The lowest BCUT2D eigenvalue weighted by atomic mass is 10.2. The number of rotatable bonds is 7. The molecule has 1 heterocycles. The Morgan fingerprint density at radius 3 is 2.48 bits per heavy atom. The zero-order valence-corrected chi connectivity index (χ0v) is 16.2. The van der Waals surface area contributed by atoms with Crippen LogP contribution in [0.15, 0.2) is 53.6 Å². The van der Waals surface area contributed by atoms with Crippen LogP contribution in [0.5, 0.6) is 0 Å². The number of benzene rings is 2. The molecule has 3 aromatic rings. The summed E-state index contributed by atoms with van der Waals surface area (Å²) >= 11 is 0. The van der Waals surface area contributed by atoms with Crippen LogP contribution in [0.25, 0.3) is 10.9 Å². The Bertz CT molecular complexity index is 1100. The first-order valence-corrected chi connectivity index (χ1v) is 9.21. The summed E-state index contributed by atoms with van der Waals surface area (Å²) in [7, 11) is 0. The van der Waals surface area contributed by atoms with Crippen LogP contribution in [-0.2, 0) is 11.3 Å². The number of nitro benzene ring substituents is 1. The Morgan fingerprint density at radius 1 is 1.17 bits per heavy atom. The van der Waals surface area contributed by atoms with Gasteiger partial charge >= 0.3 is 0 Å². The van der Waals surface area contributed by atoms with Gasteiger partial charge in [0, 0.05) is 36.6 Å². The second-order valence-electron chi connectivity index (χ2n) is 6.40. The number of amides is 1. The molecule has 1 amide bonds. The van der Waals surface area contributed by atoms with E-state index in [2.05, 4.69) is 29.0 Å². The molecule has 3 rings (SSSR count). The average Bonchev–Trinajstić information content (AvgIpc) is 2.72. The lowest BCUT2D eigenvalue weighted by molar-refractivity contribution is -0.384. The predicted octanol–water partition coefficient (Wildman–Crippen LogP) is 2.79. The predicted molar refractivity (Wildman–Crippen MR) is 111 cm³/mol. The summed E-state index contributed by atoms with van der Waals surface area (Å²) in [6, 6.07) is 11.3. The topological polar surface area (TPSA) is 110 Å². The first kappa shape index (κ1) is 20.0. The van der Waals surface area contributed by atoms with Gasteiger partial charge in [-0.2, -0.15) is 0 Å². The lowest BCUT2D eigenvalue weighted by Gasteiger charge is -2.21. The molecular weight excluding hydrogens is 374 g/mol. The highest BCUT2D eigenvalue weighted by Crippen LogP contribution is 2.18. The Labute approximate surface area is 166 Å². The van der Waals surface area contributed by atoms with Crippen LogP contribution < -0.4 is 15.8 Å². The van der Waals surface area contributed by atoms with Gasteiger partial charge in [0.15, 0.2) is 0 Å². The smallest absolute Gasteiger partial charge is 0.271 e. The summed E-state index contributed by atoms with van der Waals surface area (Å²) in [5, 5.41) is 13.8. The van der Waals surface area contributed by atoms with E-state index in [9.17, 15) is 19.7 Å². The third-order valence-corrected chi connectivity index (χ3v) is 4.61. The fraction of sp³-hybridized carbons (Fsp3) is 0.250. The van der Waals surface area contributed by atoms with Crippen molar-refractivity contribution in [2.24, 2.45) is 0 Å². The maximum atomic E-state index is 12.6. The van der Waals surface area contributed by atoms with Gasteiger partial charge in [-0.3, -0.25) is 24.3 Å². The largest absolute Gasteiger partial charge is 0.372 e. The molecule has 0 spiro atoms. The number of carbonyl (C=O) groups excluding carboxylic acids is 1. The van der Waals surface area contributed by atoms with Crippen molar-refractivity contribution in [3.63, 3.8) is 0 Å². The van der Waals surface area contributed by atoms with E-state index in [1.807, 2.05) is 24.3 Å². The fourth-order valence-electron chi connectivity index (χ4n) is 3.07. The van der Waals surface area contributed by atoms with E-state index in [4.69, 9.17) is 0 Å². The van der Waals surface area contributed by atoms with Gasteiger partial charge < -0.3 is 10.2 Å². The number of non-ortho nitro benzene ring substituents is 1. The van der Waals surface area contributed by atoms with Crippen molar-refractivity contribution in [3.05, 3.63) is 69.3 Å². The van der Waals surface area contributed by atoms with Gasteiger partial charge in [-0.1, -0.05) is 0 Å². The zero-order valence-electron chi connectivity index (χ0n) is 16.2. The third kappa shape index (κ3) is 4.40. The van der Waals surface area contributed by atoms with E-state index < -0.39 is 10.5 Å². The summed E-state index contributed by atoms with van der Waals surface area (Å²) in [5.74, 6) is -0.370. The third-order valence-electron chi connectivity index (χ3n) is 4.61. The molecule has 1 aromatic heterocycles. The first-order chi connectivity index (χ1) is 13.9. The van der Waals surface area contributed by atoms with Crippen LogP contribution in [0, 0.1) is 10.1 Å². The molecule has 0 atom stereocenters. The summed E-state index contributed by atoms with van der Waals surface area (Å²) in [6.45, 7) is 5.72. The Kier molecular flexibility index (Phi) is 5.87. The molecule has 150 valence electrons. The molecule has 0 radical (unpaired) electrons. The molecule has 1 N–H and O–H groups in total. The number of hydrogen-bond donors (Lipinski definition) is 1. The Hall–Kier alpha value is -3.75.